The molecule has 0 aromatic heterocycles. The maximum absolute atomic E-state index is 12.7. The maximum Gasteiger partial charge on any atom is 0.387 e. The van der Waals surface area contributed by atoms with E-state index < -0.39 is 6.61 Å². The average molecular weight is 494 g/mol. The van der Waals surface area contributed by atoms with E-state index in [-0.39, 0.29) is 23.4 Å². The Morgan fingerprint density at radius 2 is 1.81 bits per heavy atom. The van der Waals surface area contributed by atoms with Crippen LogP contribution in [0.5, 0.6) is 11.5 Å². The fourth-order valence-electron chi connectivity index (χ4n) is 3.47. The molecule has 0 saturated carbocycles. The van der Waals surface area contributed by atoms with Gasteiger partial charge in [0.2, 0.25) is 5.91 Å². The zero-order valence-corrected chi connectivity index (χ0v) is 18.5. The molecule has 2 aromatic rings. The van der Waals surface area contributed by atoms with Crippen LogP contribution in [-0.2, 0) is 4.79 Å². The van der Waals surface area contributed by atoms with Crippen LogP contribution in [0.4, 0.5) is 8.78 Å². The number of halogens is 3. The predicted molar refractivity (Wildman–Crippen MR) is 116 cm³/mol. The second kappa shape index (κ2) is 10.5. The SMILES string of the molecule is COc1ccc(C(=O)C2CCN(C(=O)C=Cc3cc(Br)ccc3OC(F)F)CC2)cc1. The van der Waals surface area contributed by atoms with Gasteiger partial charge in [0.15, 0.2) is 5.78 Å². The molecule has 3 rings (SSSR count). The van der Waals surface area contributed by atoms with Crippen LogP contribution in [0.2, 0.25) is 0 Å². The molecule has 0 aliphatic carbocycles. The molecule has 0 radical (unpaired) electrons. The summed E-state index contributed by atoms with van der Waals surface area (Å²) in [5.74, 6) is 0.367. The number of ether oxygens (including phenoxy) is 2. The van der Waals surface area contributed by atoms with E-state index in [2.05, 4.69) is 20.7 Å². The molecule has 0 bridgehead atoms. The molecule has 1 heterocycles. The molecule has 31 heavy (non-hydrogen) atoms. The van der Waals surface area contributed by atoms with Crippen molar-refractivity contribution in [1.29, 1.82) is 0 Å². The summed E-state index contributed by atoms with van der Waals surface area (Å²) < 4.78 is 35.5. The molecule has 1 amide bonds. The lowest BCUT2D eigenvalue weighted by atomic mass is 9.89. The molecule has 5 nitrogen and oxygen atoms in total. The van der Waals surface area contributed by atoms with Crippen LogP contribution >= 0.6 is 15.9 Å². The molecule has 0 atom stereocenters. The Morgan fingerprint density at radius 1 is 1.13 bits per heavy atom. The van der Waals surface area contributed by atoms with Gasteiger partial charge in [0.1, 0.15) is 11.5 Å². The number of hydrogen-bond acceptors (Lipinski definition) is 4. The molecule has 164 valence electrons. The van der Waals surface area contributed by atoms with Crippen molar-refractivity contribution in [2.75, 3.05) is 20.2 Å². The van der Waals surface area contributed by atoms with E-state index in [9.17, 15) is 18.4 Å². The molecule has 8 heteroatoms. The van der Waals surface area contributed by atoms with Crippen LogP contribution in [-0.4, -0.2) is 43.4 Å². The van der Waals surface area contributed by atoms with E-state index in [0.717, 1.165) is 0 Å². The van der Waals surface area contributed by atoms with Crippen molar-refractivity contribution < 1.29 is 27.8 Å². The number of hydrogen-bond donors (Lipinski definition) is 0. The monoisotopic (exact) mass is 493 g/mol. The first-order valence-electron chi connectivity index (χ1n) is 9.77. The summed E-state index contributed by atoms with van der Waals surface area (Å²) in [5, 5.41) is 0. The van der Waals surface area contributed by atoms with Gasteiger partial charge in [-0.25, -0.2) is 0 Å². The van der Waals surface area contributed by atoms with Crippen molar-refractivity contribution >= 4 is 33.7 Å². The molecule has 1 fully saturated rings. The third kappa shape index (κ3) is 6.13. The number of carbonyl (C=O) groups is 2. The smallest absolute Gasteiger partial charge is 0.387 e. The highest BCUT2D eigenvalue weighted by atomic mass is 79.9. The first-order valence-corrected chi connectivity index (χ1v) is 10.6. The second-order valence-electron chi connectivity index (χ2n) is 7.09. The second-order valence-corrected chi connectivity index (χ2v) is 8.00. The van der Waals surface area contributed by atoms with Crippen molar-refractivity contribution in [2.45, 2.75) is 19.5 Å². The number of methoxy groups -OCH3 is 1. The highest BCUT2D eigenvalue weighted by Crippen LogP contribution is 2.27. The lowest BCUT2D eigenvalue weighted by Crippen LogP contribution is -2.39. The number of rotatable bonds is 7. The normalized spacial score (nSPS) is 14.8. The molecule has 1 aliphatic heterocycles. The quantitative estimate of drug-likeness (QED) is 0.393. The predicted octanol–water partition coefficient (Wildman–Crippen LogP) is 5.19. The fraction of sp³-hybridized carbons (Fsp3) is 0.304. The van der Waals surface area contributed by atoms with Crippen molar-refractivity contribution in [3.63, 3.8) is 0 Å². The molecular weight excluding hydrogens is 472 g/mol. The summed E-state index contributed by atoms with van der Waals surface area (Å²) in [4.78, 5) is 26.9. The molecule has 1 saturated heterocycles. The van der Waals surface area contributed by atoms with Crippen molar-refractivity contribution in [1.82, 2.24) is 4.90 Å². The average Bonchev–Trinajstić information content (AvgIpc) is 2.78. The summed E-state index contributed by atoms with van der Waals surface area (Å²) in [6.45, 7) is -2.05. The molecule has 0 unspecified atom stereocenters. The maximum atomic E-state index is 12.7. The Labute approximate surface area is 187 Å². The number of amides is 1. The van der Waals surface area contributed by atoms with Crippen molar-refractivity contribution in [3.8, 4) is 11.5 Å². The number of likely N-dealkylation sites (tertiary alicyclic amines) is 1. The summed E-state index contributed by atoms with van der Waals surface area (Å²) >= 11 is 3.28. The van der Waals surface area contributed by atoms with Crippen molar-refractivity contribution in [2.24, 2.45) is 5.92 Å². The lowest BCUT2D eigenvalue weighted by molar-refractivity contribution is -0.127. The van der Waals surface area contributed by atoms with Gasteiger partial charge in [0, 0.05) is 40.7 Å². The summed E-state index contributed by atoms with van der Waals surface area (Å²) in [6, 6.07) is 11.6. The number of ketones is 1. The molecule has 1 aliphatic rings. The van der Waals surface area contributed by atoms with E-state index in [1.165, 1.54) is 18.2 Å². The van der Waals surface area contributed by atoms with E-state index in [1.807, 2.05) is 0 Å². The largest absolute Gasteiger partial charge is 0.497 e. The van der Waals surface area contributed by atoms with Crippen molar-refractivity contribution in [3.05, 3.63) is 64.1 Å². The van der Waals surface area contributed by atoms with Gasteiger partial charge in [-0.15, -0.1) is 0 Å². The minimum Gasteiger partial charge on any atom is -0.497 e. The first-order chi connectivity index (χ1) is 14.9. The molecular formula is C23H22BrF2NO4. The van der Waals surface area contributed by atoms with Crippen LogP contribution in [0.25, 0.3) is 6.08 Å². The Kier molecular flexibility index (Phi) is 7.79. The number of piperidine rings is 1. The zero-order chi connectivity index (χ0) is 22.4. The van der Waals surface area contributed by atoms with Gasteiger partial charge in [0.25, 0.3) is 0 Å². The number of Topliss-reactive ketones (excluding diaryl/α,β-unsaturated/α-hetero) is 1. The molecule has 0 N–H and O–H groups in total. The van der Waals surface area contributed by atoms with Gasteiger partial charge in [0.05, 0.1) is 7.11 Å². The summed E-state index contributed by atoms with van der Waals surface area (Å²) in [7, 11) is 1.57. The zero-order valence-electron chi connectivity index (χ0n) is 16.9. The highest BCUT2D eigenvalue weighted by molar-refractivity contribution is 9.10. The molecule has 0 spiro atoms. The van der Waals surface area contributed by atoms with Crippen LogP contribution in [0.1, 0.15) is 28.8 Å². The lowest BCUT2D eigenvalue weighted by Gasteiger charge is -2.30. The number of benzene rings is 2. The Bertz CT molecular complexity index is 955. The van der Waals surface area contributed by atoms with Crippen LogP contribution in [0.15, 0.2) is 53.0 Å². The highest BCUT2D eigenvalue weighted by Gasteiger charge is 2.27. The van der Waals surface area contributed by atoms with Gasteiger partial charge >= 0.3 is 6.61 Å². The number of carbonyl (C=O) groups excluding carboxylic acids is 2. The Balaban J connectivity index is 1.59. The van der Waals surface area contributed by atoms with E-state index >= 15 is 0 Å². The fourth-order valence-corrected chi connectivity index (χ4v) is 3.85. The minimum absolute atomic E-state index is 0.00829. The third-order valence-corrected chi connectivity index (χ3v) is 5.64. The standard InChI is InChI=1S/C23H22BrF2NO4/c1-30-19-6-2-15(3-7-19)22(29)16-10-12-27(13-11-16)21(28)9-4-17-14-18(24)5-8-20(17)31-23(25)26/h2-9,14,16,23H,10-13H2,1H3. The van der Waals surface area contributed by atoms with E-state index in [4.69, 9.17) is 4.74 Å². The first kappa shape index (κ1) is 22.9. The number of alkyl halides is 2. The van der Waals surface area contributed by atoms with Gasteiger partial charge < -0.3 is 14.4 Å². The van der Waals surface area contributed by atoms with E-state index in [0.29, 0.717) is 47.3 Å². The van der Waals surface area contributed by atoms with Crippen LogP contribution < -0.4 is 9.47 Å². The summed E-state index contributed by atoms with van der Waals surface area (Å²) in [5.41, 5.74) is 0.999. The van der Waals surface area contributed by atoms with Crippen LogP contribution in [0.3, 0.4) is 0 Å². The minimum atomic E-state index is -2.95. The van der Waals surface area contributed by atoms with Gasteiger partial charge in [-0.05, 0) is 61.4 Å². The number of nitrogens with zero attached hydrogens (tertiary/aromatic N) is 1. The topological polar surface area (TPSA) is 55.8 Å². The van der Waals surface area contributed by atoms with Gasteiger partial charge in [-0.2, -0.15) is 8.78 Å². The summed E-state index contributed by atoms with van der Waals surface area (Å²) in [6.07, 6.45) is 3.94. The van der Waals surface area contributed by atoms with E-state index in [1.54, 1.807) is 48.4 Å². The third-order valence-electron chi connectivity index (χ3n) is 5.15. The molecule has 2 aromatic carbocycles. The van der Waals surface area contributed by atoms with Gasteiger partial charge in [-0.1, -0.05) is 15.9 Å². The van der Waals surface area contributed by atoms with Gasteiger partial charge in [-0.3, -0.25) is 9.59 Å². The Morgan fingerprint density at radius 3 is 2.42 bits per heavy atom. The van der Waals surface area contributed by atoms with Crippen LogP contribution in [0, 0.1) is 5.92 Å². The Hall–Kier alpha value is -2.74.